The minimum Gasteiger partial charge on any atom is -0.364 e. The van der Waals surface area contributed by atoms with Crippen LogP contribution >= 0.6 is 11.6 Å². The van der Waals surface area contributed by atoms with Gasteiger partial charge < -0.3 is 5.73 Å². The minimum atomic E-state index is -4.11. The molecule has 0 radical (unpaired) electrons. The number of nitrogens with two attached hydrogens (primary N) is 1. The molecule has 0 aliphatic rings. The molecule has 0 saturated carbocycles. The van der Waals surface area contributed by atoms with Gasteiger partial charge in [-0.2, -0.15) is 5.10 Å². The number of amides is 1. The van der Waals surface area contributed by atoms with Crippen LogP contribution in [0.25, 0.3) is 5.69 Å². The van der Waals surface area contributed by atoms with E-state index in [1.807, 2.05) is 0 Å². The molecule has 0 unspecified atom stereocenters. The van der Waals surface area contributed by atoms with Crippen LogP contribution in [0.5, 0.6) is 0 Å². The second-order valence-electron chi connectivity index (χ2n) is 5.24. The summed E-state index contributed by atoms with van der Waals surface area (Å²) in [5.74, 6) is -1.60. The lowest BCUT2D eigenvalue weighted by atomic mass is 10.3. The quantitative estimate of drug-likeness (QED) is 0.693. The lowest BCUT2D eigenvalue weighted by molar-refractivity contribution is 0.0995. The van der Waals surface area contributed by atoms with Gasteiger partial charge in [-0.15, -0.1) is 0 Å². The molecule has 3 N–H and O–H groups in total. The molecule has 1 aromatic heterocycles. The van der Waals surface area contributed by atoms with Crippen LogP contribution in [0.15, 0.2) is 59.6 Å². The molecular formula is C16H12ClFN4O3S. The molecular weight excluding hydrogens is 383 g/mol. The Balaban J connectivity index is 1.83. The Kier molecular flexibility index (Phi) is 4.66. The van der Waals surface area contributed by atoms with Crippen LogP contribution in [-0.4, -0.2) is 24.1 Å². The van der Waals surface area contributed by atoms with Crippen molar-refractivity contribution in [3.05, 3.63) is 71.3 Å². The lowest BCUT2D eigenvalue weighted by Crippen LogP contribution is -2.14. The summed E-state index contributed by atoms with van der Waals surface area (Å²) >= 11 is 5.63. The second-order valence-corrected chi connectivity index (χ2v) is 7.32. The summed E-state index contributed by atoms with van der Waals surface area (Å²) < 4.78 is 42.2. The highest BCUT2D eigenvalue weighted by atomic mass is 35.5. The third-order valence-corrected chi connectivity index (χ3v) is 5.06. The van der Waals surface area contributed by atoms with E-state index in [1.165, 1.54) is 28.9 Å². The SMILES string of the molecule is NC(=O)c1ccn(-c2ccc(NS(=O)(=O)c3ccc(Cl)cc3F)cc2)n1. The van der Waals surface area contributed by atoms with Crippen molar-refractivity contribution >= 4 is 33.2 Å². The van der Waals surface area contributed by atoms with Crippen molar-refractivity contribution in [1.29, 1.82) is 0 Å². The maximum atomic E-state index is 13.8. The number of nitrogens with zero attached hydrogens (tertiary/aromatic N) is 2. The van der Waals surface area contributed by atoms with Crippen molar-refractivity contribution in [3.63, 3.8) is 0 Å². The van der Waals surface area contributed by atoms with E-state index in [0.717, 1.165) is 12.1 Å². The number of hydrogen-bond acceptors (Lipinski definition) is 4. The molecule has 134 valence electrons. The zero-order valence-corrected chi connectivity index (χ0v) is 14.6. The number of halogens is 2. The van der Waals surface area contributed by atoms with E-state index in [9.17, 15) is 17.6 Å². The minimum absolute atomic E-state index is 0.0976. The maximum absolute atomic E-state index is 13.8. The van der Waals surface area contributed by atoms with Crippen molar-refractivity contribution in [2.75, 3.05) is 4.72 Å². The Morgan fingerprint density at radius 3 is 2.42 bits per heavy atom. The fourth-order valence-corrected chi connectivity index (χ4v) is 3.46. The first-order valence-electron chi connectivity index (χ1n) is 7.20. The summed E-state index contributed by atoms with van der Waals surface area (Å²) in [6, 6.07) is 10.9. The van der Waals surface area contributed by atoms with E-state index in [1.54, 1.807) is 18.3 Å². The smallest absolute Gasteiger partial charge is 0.269 e. The van der Waals surface area contributed by atoms with Gasteiger partial charge in [0.2, 0.25) is 0 Å². The monoisotopic (exact) mass is 394 g/mol. The number of rotatable bonds is 5. The number of primary amides is 1. The van der Waals surface area contributed by atoms with Crippen molar-refractivity contribution in [1.82, 2.24) is 9.78 Å². The van der Waals surface area contributed by atoms with Gasteiger partial charge in [-0.1, -0.05) is 11.6 Å². The van der Waals surface area contributed by atoms with E-state index in [-0.39, 0.29) is 16.4 Å². The van der Waals surface area contributed by atoms with Gasteiger partial charge in [0.1, 0.15) is 16.4 Å². The average Bonchev–Trinajstić information content (AvgIpc) is 3.05. The largest absolute Gasteiger partial charge is 0.364 e. The standard InChI is InChI=1S/C16H12ClFN4O3S/c17-10-1-6-15(13(18)9-10)26(24,25)21-11-2-4-12(5-3-11)22-8-7-14(20-22)16(19)23/h1-9,21H,(H2,19,23). The first kappa shape index (κ1) is 17.9. The molecule has 0 aliphatic heterocycles. The molecule has 0 bridgehead atoms. The van der Waals surface area contributed by atoms with Crippen molar-refractivity contribution in [3.8, 4) is 5.69 Å². The number of benzene rings is 2. The summed E-state index contributed by atoms with van der Waals surface area (Å²) in [5, 5.41) is 4.09. The molecule has 2 aromatic carbocycles. The fourth-order valence-electron chi connectivity index (χ4n) is 2.18. The normalized spacial score (nSPS) is 11.3. The number of hydrogen-bond donors (Lipinski definition) is 2. The molecule has 10 heteroatoms. The average molecular weight is 395 g/mol. The van der Waals surface area contributed by atoms with Crippen molar-refractivity contribution in [2.45, 2.75) is 4.90 Å². The van der Waals surface area contributed by atoms with E-state index >= 15 is 0 Å². The Bertz CT molecular complexity index is 1080. The molecule has 0 fully saturated rings. The Labute approximate surface area is 153 Å². The summed E-state index contributed by atoms with van der Waals surface area (Å²) in [6.07, 6.45) is 1.54. The Morgan fingerprint density at radius 2 is 1.85 bits per heavy atom. The van der Waals surface area contributed by atoms with Crippen LogP contribution in [0.3, 0.4) is 0 Å². The van der Waals surface area contributed by atoms with E-state index in [4.69, 9.17) is 17.3 Å². The number of sulfonamides is 1. The van der Waals surface area contributed by atoms with Gasteiger partial charge in [0.25, 0.3) is 15.9 Å². The topological polar surface area (TPSA) is 107 Å². The van der Waals surface area contributed by atoms with Crippen molar-refractivity contribution in [2.24, 2.45) is 5.73 Å². The highest BCUT2D eigenvalue weighted by molar-refractivity contribution is 7.92. The molecule has 7 nitrogen and oxygen atoms in total. The molecule has 26 heavy (non-hydrogen) atoms. The van der Waals surface area contributed by atoms with Crippen LogP contribution in [0.2, 0.25) is 5.02 Å². The lowest BCUT2D eigenvalue weighted by Gasteiger charge is -2.10. The third-order valence-electron chi connectivity index (χ3n) is 3.41. The Morgan fingerprint density at radius 1 is 1.15 bits per heavy atom. The number of aromatic nitrogens is 2. The predicted molar refractivity (Wildman–Crippen MR) is 94.3 cm³/mol. The highest BCUT2D eigenvalue weighted by Crippen LogP contribution is 2.22. The van der Waals surface area contributed by atoms with Gasteiger partial charge in [-0.05, 0) is 48.5 Å². The zero-order chi connectivity index (χ0) is 18.9. The van der Waals surface area contributed by atoms with E-state index < -0.39 is 26.6 Å². The Hall–Kier alpha value is -2.91. The summed E-state index contributed by atoms with van der Waals surface area (Å²) in [7, 11) is -4.11. The van der Waals surface area contributed by atoms with Gasteiger partial charge in [0, 0.05) is 16.9 Å². The first-order chi connectivity index (χ1) is 12.3. The second kappa shape index (κ2) is 6.77. The third kappa shape index (κ3) is 3.68. The molecule has 0 atom stereocenters. The first-order valence-corrected chi connectivity index (χ1v) is 9.06. The van der Waals surface area contributed by atoms with Gasteiger partial charge in [0.05, 0.1) is 5.69 Å². The number of carbonyl (C=O) groups is 1. The molecule has 3 rings (SSSR count). The number of anilines is 1. The predicted octanol–water partition coefficient (Wildman–Crippen LogP) is 2.56. The highest BCUT2D eigenvalue weighted by Gasteiger charge is 2.19. The van der Waals surface area contributed by atoms with Crippen LogP contribution in [0.4, 0.5) is 10.1 Å². The van der Waals surface area contributed by atoms with Crippen molar-refractivity contribution < 1.29 is 17.6 Å². The number of carbonyl (C=O) groups excluding carboxylic acids is 1. The van der Waals surface area contributed by atoms with Crippen LogP contribution in [0, 0.1) is 5.82 Å². The fraction of sp³-hybridized carbons (Fsp3) is 0. The molecule has 3 aromatic rings. The molecule has 1 heterocycles. The maximum Gasteiger partial charge on any atom is 0.269 e. The molecule has 0 saturated heterocycles. The molecule has 0 spiro atoms. The van der Waals surface area contributed by atoms with Gasteiger partial charge in [0.15, 0.2) is 0 Å². The van der Waals surface area contributed by atoms with Gasteiger partial charge in [-0.3, -0.25) is 9.52 Å². The molecule has 1 amide bonds. The summed E-state index contributed by atoms with van der Waals surface area (Å²) in [4.78, 5) is 10.6. The van der Waals surface area contributed by atoms with Gasteiger partial charge >= 0.3 is 0 Å². The molecule has 0 aliphatic carbocycles. The van der Waals surface area contributed by atoms with E-state index in [0.29, 0.717) is 5.69 Å². The van der Waals surface area contributed by atoms with E-state index in [2.05, 4.69) is 9.82 Å². The summed E-state index contributed by atoms with van der Waals surface area (Å²) in [5.41, 5.74) is 6.06. The van der Waals surface area contributed by atoms with Crippen LogP contribution in [0.1, 0.15) is 10.5 Å². The van der Waals surface area contributed by atoms with Crippen LogP contribution < -0.4 is 10.5 Å². The summed E-state index contributed by atoms with van der Waals surface area (Å²) in [6.45, 7) is 0. The number of nitrogens with one attached hydrogen (secondary N) is 1. The van der Waals surface area contributed by atoms with Gasteiger partial charge in [-0.25, -0.2) is 17.5 Å². The zero-order valence-electron chi connectivity index (χ0n) is 13.1. The van der Waals surface area contributed by atoms with Crippen LogP contribution in [-0.2, 0) is 10.0 Å².